The first-order chi connectivity index (χ1) is 11.8. The number of likely N-dealkylation sites (tertiary alicyclic amines) is 1. The van der Waals surface area contributed by atoms with Crippen molar-refractivity contribution >= 4 is 17.7 Å². The van der Waals surface area contributed by atoms with Gasteiger partial charge in [-0.25, -0.2) is 0 Å². The molecule has 0 saturated carbocycles. The average Bonchev–Trinajstić information content (AvgIpc) is 3.12. The summed E-state index contributed by atoms with van der Waals surface area (Å²) in [5.41, 5.74) is 1.18. The highest BCUT2D eigenvalue weighted by molar-refractivity contribution is 8.00. The molecule has 24 heavy (non-hydrogen) atoms. The number of benzene rings is 1. The zero-order chi connectivity index (χ0) is 16.8. The SMILES string of the molecule is CCOc1ccc(SCC(=O)N2CCCC2c2ccncc2)cc1. The number of amides is 1. The highest BCUT2D eigenvalue weighted by Gasteiger charge is 2.29. The van der Waals surface area contributed by atoms with Crippen LogP contribution in [-0.4, -0.2) is 34.7 Å². The van der Waals surface area contributed by atoms with E-state index in [4.69, 9.17) is 4.74 Å². The van der Waals surface area contributed by atoms with Gasteiger partial charge in [0.05, 0.1) is 18.4 Å². The molecule has 0 spiro atoms. The maximum atomic E-state index is 12.6. The molecule has 2 heterocycles. The molecule has 1 aliphatic rings. The van der Waals surface area contributed by atoms with Gasteiger partial charge in [0.2, 0.25) is 5.91 Å². The molecular weight excluding hydrogens is 320 g/mol. The summed E-state index contributed by atoms with van der Waals surface area (Å²) in [5.74, 6) is 1.54. The third-order valence-electron chi connectivity index (χ3n) is 4.16. The Balaban J connectivity index is 1.58. The van der Waals surface area contributed by atoms with Crippen molar-refractivity contribution in [2.75, 3.05) is 18.9 Å². The summed E-state index contributed by atoms with van der Waals surface area (Å²) >= 11 is 1.58. The Bertz CT molecular complexity index is 661. The Labute approximate surface area is 147 Å². The van der Waals surface area contributed by atoms with Gasteiger partial charge in [-0.15, -0.1) is 11.8 Å². The topological polar surface area (TPSA) is 42.4 Å². The lowest BCUT2D eigenvalue weighted by Crippen LogP contribution is -2.31. The smallest absolute Gasteiger partial charge is 0.233 e. The van der Waals surface area contributed by atoms with Crippen LogP contribution in [0.15, 0.2) is 53.7 Å². The van der Waals surface area contributed by atoms with Crippen LogP contribution in [0.2, 0.25) is 0 Å². The van der Waals surface area contributed by atoms with E-state index in [2.05, 4.69) is 4.98 Å². The van der Waals surface area contributed by atoms with Crippen LogP contribution in [0.25, 0.3) is 0 Å². The third kappa shape index (κ3) is 4.09. The Hall–Kier alpha value is -2.01. The second-order valence-corrected chi connectivity index (χ2v) is 6.77. The van der Waals surface area contributed by atoms with Crippen molar-refractivity contribution in [3.05, 3.63) is 54.4 Å². The molecule has 4 nitrogen and oxygen atoms in total. The number of hydrogen-bond donors (Lipinski definition) is 0. The van der Waals surface area contributed by atoms with Crippen molar-refractivity contribution in [3.8, 4) is 5.75 Å². The second kappa shape index (κ2) is 8.20. The van der Waals surface area contributed by atoms with Crippen LogP contribution in [0, 0.1) is 0 Å². The highest BCUT2D eigenvalue weighted by Crippen LogP contribution is 2.32. The van der Waals surface area contributed by atoms with Crippen molar-refractivity contribution in [2.24, 2.45) is 0 Å². The van der Waals surface area contributed by atoms with Crippen molar-refractivity contribution < 1.29 is 9.53 Å². The normalized spacial score (nSPS) is 17.0. The first-order valence-corrected chi connectivity index (χ1v) is 9.31. The first-order valence-electron chi connectivity index (χ1n) is 8.33. The molecule has 1 aliphatic heterocycles. The van der Waals surface area contributed by atoms with E-state index in [0.717, 1.165) is 30.0 Å². The number of carbonyl (C=O) groups excluding carboxylic acids is 1. The number of thioether (sulfide) groups is 1. The lowest BCUT2D eigenvalue weighted by atomic mass is 10.1. The van der Waals surface area contributed by atoms with Crippen LogP contribution in [0.4, 0.5) is 0 Å². The predicted octanol–water partition coefficient (Wildman–Crippen LogP) is 3.94. The minimum Gasteiger partial charge on any atom is -0.494 e. The molecule has 1 aromatic carbocycles. The average molecular weight is 342 g/mol. The van der Waals surface area contributed by atoms with Gasteiger partial charge >= 0.3 is 0 Å². The minimum absolute atomic E-state index is 0.196. The van der Waals surface area contributed by atoms with E-state index in [-0.39, 0.29) is 11.9 Å². The van der Waals surface area contributed by atoms with Gasteiger partial charge < -0.3 is 9.64 Å². The molecule has 1 aromatic heterocycles. The van der Waals surface area contributed by atoms with E-state index in [1.807, 2.05) is 48.2 Å². The van der Waals surface area contributed by atoms with Crippen molar-refractivity contribution in [1.29, 1.82) is 0 Å². The van der Waals surface area contributed by atoms with Gasteiger partial charge in [-0.05, 0) is 61.7 Å². The summed E-state index contributed by atoms with van der Waals surface area (Å²) < 4.78 is 5.44. The van der Waals surface area contributed by atoms with E-state index < -0.39 is 0 Å². The summed E-state index contributed by atoms with van der Waals surface area (Å²) in [6.45, 7) is 3.47. The molecule has 0 bridgehead atoms. The van der Waals surface area contributed by atoms with Gasteiger partial charge in [-0.2, -0.15) is 0 Å². The fourth-order valence-electron chi connectivity index (χ4n) is 3.02. The van der Waals surface area contributed by atoms with Gasteiger partial charge in [0.25, 0.3) is 0 Å². The Morgan fingerprint density at radius 2 is 2.00 bits per heavy atom. The molecular formula is C19H22N2O2S. The van der Waals surface area contributed by atoms with Crippen LogP contribution in [-0.2, 0) is 4.79 Å². The summed E-state index contributed by atoms with van der Waals surface area (Å²) in [6, 6.07) is 12.1. The van der Waals surface area contributed by atoms with E-state index in [9.17, 15) is 4.79 Å². The zero-order valence-corrected chi connectivity index (χ0v) is 14.7. The molecule has 1 fully saturated rings. The number of nitrogens with zero attached hydrogens (tertiary/aromatic N) is 2. The number of ether oxygens (including phenoxy) is 1. The molecule has 5 heteroatoms. The van der Waals surface area contributed by atoms with Gasteiger partial charge in [0.15, 0.2) is 0 Å². The molecule has 2 aromatic rings. The molecule has 1 amide bonds. The maximum Gasteiger partial charge on any atom is 0.233 e. The summed E-state index contributed by atoms with van der Waals surface area (Å²) in [7, 11) is 0. The molecule has 3 rings (SSSR count). The Morgan fingerprint density at radius 1 is 1.25 bits per heavy atom. The van der Waals surface area contributed by atoms with Crippen LogP contribution >= 0.6 is 11.8 Å². The molecule has 1 atom stereocenters. The van der Waals surface area contributed by atoms with Crippen LogP contribution in [0.3, 0.4) is 0 Å². The summed E-state index contributed by atoms with van der Waals surface area (Å²) in [4.78, 5) is 19.8. The van der Waals surface area contributed by atoms with Crippen molar-refractivity contribution in [2.45, 2.75) is 30.7 Å². The van der Waals surface area contributed by atoms with E-state index in [0.29, 0.717) is 12.4 Å². The Kier molecular flexibility index (Phi) is 5.75. The number of hydrogen-bond acceptors (Lipinski definition) is 4. The summed E-state index contributed by atoms with van der Waals surface area (Å²) in [5, 5.41) is 0. The zero-order valence-electron chi connectivity index (χ0n) is 13.9. The molecule has 1 unspecified atom stereocenters. The monoisotopic (exact) mass is 342 g/mol. The highest BCUT2D eigenvalue weighted by atomic mass is 32.2. The molecule has 126 valence electrons. The van der Waals surface area contributed by atoms with E-state index in [1.165, 1.54) is 5.56 Å². The number of rotatable bonds is 6. The number of aromatic nitrogens is 1. The fraction of sp³-hybridized carbons (Fsp3) is 0.368. The van der Waals surface area contributed by atoms with Crippen LogP contribution < -0.4 is 4.74 Å². The van der Waals surface area contributed by atoms with Crippen molar-refractivity contribution in [1.82, 2.24) is 9.88 Å². The predicted molar refractivity (Wildman–Crippen MR) is 96.3 cm³/mol. The molecule has 1 saturated heterocycles. The maximum absolute atomic E-state index is 12.6. The first kappa shape index (κ1) is 16.8. The largest absolute Gasteiger partial charge is 0.494 e. The molecule has 0 N–H and O–H groups in total. The van der Waals surface area contributed by atoms with E-state index in [1.54, 1.807) is 24.2 Å². The van der Waals surface area contributed by atoms with Gasteiger partial charge in [-0.1, -0.05) is 0 Å². The quantitative estimate of drug-likeness (QED) is 0.746. The lowest BCUT2D eigenvalue weighted by Gasteiger charge is -2.25. The van der Waals surface area contributed by atoms with Gasteiger partial charge in [-0.3, -0.25) is 9.78 Å². The van der Waals surface area contributed by atoms with Gasteiger partial charge in [0, 0.05) is 23.8 Å². The third-order valence-corrected chi connectivity index (χ3v) is 5.16. The summed E-state index contributed by atoms with van der Waals surface area (Å²) in [6.07, 6.45) is 5.69. The number of carbonyl (C=O) groups is 1. The van der Waals surface area contributed by atoms with Crippen molar-refractivity contribution in [3.63, 3.8) is 0 Å². The fourth-order valence-corrected chi connectivity index (χ4v) is 3.81. The Morgan fingerprint density at radius 3 is 2.71 bits per heavy atom. The number of pyridine rings is 1. The van der Waals surface area contributed by atoms with Crippen LogP contribution in [0.5, 0.6) is 5.75 Å². The van der Waals surface area contributed by atoms with Gasteiger partial charge in [0.1, 0.15) is 5.75 Å². The standard InChI is InChI=1S/C19H22N2O2S/c1-2-23-16-5-7-17(8-6-16)24-14-19(22)21-13-3-4-18(21)15-9-11-20-12-10-15/h5-12,18H,2-4,13-14H2,1H3. The minimum atomic E-state index is 0.196. The lowest BCUT2D eigenvalue weighted by molar-refractivity contribution is -0.129. The second-order valence-electron chi connectivity index (χ2n) is 5.72. The molecule has 0 radical (unpaired) electrons. The molecule has 0 aliphatic carbocycles. The van der Waals surface area contributed by atoms with E-state index >= 15 is 0 Å². The van der Waals surface area contributed by atoms with Crippen LogP contribution in [0.1, 0.15) is 31.4 Å².